The second-order valence-electron chi connectivity index (χ2n) is 4.23. The maximum absolute atomic E-state index is 14.4. The monoisotopic (exact) mass is 269 g/mol. The first-order valence-corrected chi connectivity index (χ1v) is 5.55. The smallest absolute Gasteiger partial charge is 0.212 e. The number of allylic oxidation sites excluding steroid dienone is 4. The van der Waals surface area contributed by atoms with E-state index < -0.39 is 29.5 Å². The third-order valence-corrected chi connectivity index (χ3v) is 2.73. The Morgan fingerprint density at radius 3 is 2.63 bits per heavy atom. The predicted molar refractivity (Wildman–Crippen MR) is 65.1 cm³/mol. The van der Waals surface area contributed by atoms with Gasteiger partial charge in [-0.05, 0) is 17.6 Å². The highest BCUT2D eigenvalue weighted by Crippen LogP contribution is 2.28. The Balaban J connectivity index is 2.33. The summed E-state index contributed by atoms with van der Waals surface area (Å²) < 4.78 is 58.8. The average molecular weight is 269 g/mol. The molecule has 1 aromatic carbocycles. The molecule has 1 unspecified atom stereocenters. The molecule has 19 heavy (non-hydrogen) atoms. The standard InChI is InChI=1S/C13H10BF4O/c1-19-12-10(5-9(16)6-11(12)17)14-13(18)4-2-3-8(15)7-13/h2-6H,7H2,1H3. The van der Waals surface area contributed by atoms with Gasteiger partial charge >= 0.3 is 0 Å². The molecular weight excluding hydrogens is 259 g/mol. The van der Waals surface area contributed by atoms with Crippen LogP contribution >= 0.6 is 0 Å². The van der Waals surface area contributed by atoms with Crippen molar-refractivity contribution >= 4 is 12.7 Å². The topological polar surface area (TPSA) is 9.23 Å². The van der Waals surface area contributed by atoms with Gasteiger partial charge in [0.2, 0.25) is 7.28 Å². The summed E-state index contributed by atoms with van der Waals surface area (Å²) in [5, 5.41) is 0. The molecule has 6 heteroatoms. The number of rotatable bonds is 3. The van der Waals surface area contributed by atoms with Crippen LogP contribution in [0.3, 0.4) is 0 Å². The molecule has 0 amide bonds. The van der Waals surface area contributed by atoms with Crippen LogP contribution in [0.5, 0.6) is 5.75 Å². The number of ether oxygens (including phenoxy) is 1. The van der Waals surface area contributed by atoms with Crippen LogP contribution in [0.4, 0.5) is 17.6 Å². The van der Waals surface area contributed by atoms with Crippen LogP contribution in [-0.2, 0) is 0 Å². The zero-order valence-electron chi connectivity index (χ0n) is 10.1. The van der Waals surface area contributed by atoms with Gasteiger partial charge < -0.3 is 4.74 Å². The van der Waals surface area contributed by atoms with Crippen molar-refractivity contribution in [1.29, 1.82) is 0 Å². The predicted octanol–water partition coefficient (Wildman–Crippen LogP) is 2.78. The van der Waals surface area contributed by atoms with E-state index in [-0.39, 0.29) is 11.2 Å². The summed E-state index contributed by atoms with van der Waals surface area (Å²) >= 11 is 0. The molecule has 1 nitrogen and oxygen atoms in total. The Morgan fingerprint density at radius 1 is 1.26 bits per heavy atom. The van der Waals surface area contributed by atoms with Gasteiger partial charge in [-0.15, -0.1) is 0 Å². The van der Waals surface area contributed by atoms with E-state index in [4.69, 9.17) is 4.74 Å². The van der Waals surface area contributed by atoms with Gasteiger partial charge in [0.25, 0.3) is 0 Å². The Bertz CT molecular complexity index is 556. The largest absolute Gasteiger partial charge is 0.494 e. The quantitative estimate of drug-likeness (QED) is 0.605. The summed E-state index contributed by atoms with van der Waals surface area (Å²) in [6.45, 7) is 0. The highest BCUT2D eigenvalue weighted by molar-refractivity contribution is 6.58. The van der Waals surface area contributed by atoms with Crippen LogP contribution in [0, 0.1) is 11.6 Å². The lowest BCUT2D eigenvalue weighted by molar-refractivity contribution is 0.315. The molecule has 2 rings (SSSR count). The fourth-order valence-electron chi connectivity index (χ4n) is 1.95. The van der Waals surface area contributed by atoms with Crippen LogP contribution in [0.25, 0.3) is 0 Å². The van der Waals surface area contributed by atoms with E-state index in [0.29, 0.717) is 6.07 Å². The summed E-state index contributed by atoms with van der Waals surface area (Å²) in [7, 11) is 2.14. The number of methoxy groups -OCH3 is 1. The van der Waals surface area contributed by atoms with E-state index in [1.54, 1.807) is 0 Å². The zero-order valence-corrected chi connectivity index (χ0v) is 10.1. The SMILES string of the molecule is COc1c(F)cc(F)cc1[B]C1(F)C=CC=C(F)C1. The lowest BCUT2D eigenvalue weighted by atomic mass is 9.54. The summed E-state index contributed by atoms with van der Waals surface area (Å²) in [5.74, 6) is -2.71. The van der Waals surface area contributed by atoms with Crippen molar-refractivity contribution < 1.29 is 22.3 Å². The molecule has 0 spiro atoms. The van der Waals surface area contributed by atoms with Crippen molar-refractivity contribution in [2.45, 2.75) is 12.0 Å². The Labute approximate surface area is 108 Å². The number of alkyl halides is 1. The Morgan fingerprint density at radius 2 is 2.00 bits per heavy atom. The van der Waals surface area contributed by atoms with E-state index in [2.05, 4.69) is 0 Å². The molecule has 1 aliphatic carbocycles. The van der Waals surface area contributed by atoms with Gasteiger partial charge in [-0.25, -0.2) is 17.6 Å². The molecule has 1 aromatic rings. The van der Waals surface area contributed by atoms with Crippen molar-refractivity contribution in [3.63, 3.8) is 0 Å². The number of halogens is 4. The van der Waals surface area contributed by atoms with E-state index in [1.165, 1.54) is 13.2 Å². The maximum atomic E-state index is 14.4. The number of hydrogen-bond acceptors (Lipinski definition) is 1. The molecule has 1 atom stereocenters. The summed E-state index contributed by atoms with van der Waals surface area (Å²) in [6, 6.07) is 1.57. The van der Waals surface area contributed by atoms with Crippen LogP contribution in [-0.4, -0.2) is 20.0 Å². The highest BCUT2D eigenvalue weighted by Gasteiger charge is 2.33. The van der Waals surface area contributed by atoms with Crippen molar-refractivity contribution in [2.75, 3.05) is 7.11 Å². The van der Waals surface area contributed by atoms with E-state index in [9.17, 15) is 17.6 Å². The second kappa shape index (κ2) is 5.11. The van der Waals surface area contributed by atoms with Crippen molar-refractivity contribution in [3.05, 3.63) is 47.8 Å². The first kappa shape index (κ1) is 13.7. The van der Waals surface area contributed by atoms with Gasteiger partial charge in [-0.1, -0.05) is 12.2 Å². The molecule has 0 aliphatic heterocycles. The second-order valence-corrected chi connectivity index (χ2v) is 4.23. The minimum atomic E-state index is -2.13. The van der Waals surface area contributed by atoms with E-state index in [1.807, 2.05) is 0 Å². The molecule has 99 valence electrons. The maximum Gasteiger partial charge on any atom is 0.212 e. The lowest BCUT2D eigenvalue weighted by Gasteiger charge is -2.23. The fraction of sp³-hybridized carbons (Fsp3) is 0.231. The molecule has 0 N–H and O–H groups in total. The first-order chi connectivity index (χ1) is 8.93. The molecule has 0 bridgehead atoms. The Hall–Kier alpha value is -1.72. The zero-order chi connectivity index (χ0) is 14.0. The van der Waals surface area contributed by atoms with Gasteiger partial charge in [0.05, 0.1) is 7.11 Å². The average Bonchev–Trinajstić information content (AvgIpc) is 2.27. The molecule has 0 saturated carbocycles. The van der Waals surface area contributed by atoms with Crippen molar-refractivity contribution in [3.8, 4) is 5.75 Å². The van der Waals surface area contributed by atoms with Crippen LogP contribution in [0.1, 0.15) is 6.42 Å². The van der Waals surface area contributed by atoms with Gasteiger partial charge in [-0.3, -0.25) is 0 Å². The molecule has 0 aromatic heterocycles. The number of benzene rings is 1. The highest BCUT2D eigenvalue weighted by atomic mass is 19.2. The van der Waals surface area contributed by atoms with Crippen LogP contribution in [0.2, 0.25) is 0 Å². The van der Waals surface area contributed by atoms with Gasteiger partial charge in [0, 0.05) is 12.5 Å². The normalized spacial score (nSPS) is 22.1. The lowest BCUT2D eigenvalue weighted by Crippen LogP contribution is -2.38. The third-order valence-electron chi connectivity index (χ3n) is 2.73. The first-order valence-electron chi connectivity index (χ1n) is 5.55. The minimum Gasteiger partial charge on any atom is -0.494 e. The molecule has 1 radical (unpaired) electrons. The van der Waals surface area contributed by atoms with Crippen LogP contribution < -0.4 is 10.2 Å². The molecular formula is C13H10BF4O. The van der Waals surface area contributed by atoms with E-state index in [0.717, 1.165) is 25.5 Å². The third kappa shape index (κ3) is 3.00. The number of hydrogen-bond donors (Lipinski definition) is 0. The van der Waals surface area contributed by atoms with Gasteiger partial charge in [-0.2, -0.15) is 0 Å². The van der Waals surface area contributed by atoms with Crippen molar-refractivity contribution in [2.24, 2.45) is 0 Å². The minimum absolute atomic E-state index is 0.0955. The fourth-order valence-corrected chi connectivity index (χ4v) is 1.95. The van der Waals surface area contributed by atoms with E-state index >= 15 is 0 Å². The summed E-state index contributed by atoms with van der Waals surface area (Å²) in [4.78, 5) is 0. The molecule has 0 fully saturated rings. The molecule has 0 heterocycles. The van der Waals surface area contributed by atoms with Crippen LogP contribution in [0.15, 0.2) is 36.2 Å². The summed E-state index contributed by atoms with van der Waals surface area (Å²) in [5.41, 5.74) is -2.23. The van der Waals surface area contributed by atoms with Gasteiger partial charge in [0.15, 0.2) is 5.82 Å². The van der Waals surface area contributed by atoms with Gasteiger partial charge in [0.1, 0.15) is 23.0 Å². The van der Waals surface area contributed by atoms with Crippen molar-refractivity contribution in [1.82, 2.24) is 0 Å². The molecule has 1 aliphatic rings. The Kier molecular flexibility index (Phi) is 3.69. The summed E-state index contributed by atoms with van der Waals surface area (Å²) in [6.07, 6.45) is 2.97. The molecule has 0 saturated heterocycles.